The Kier molecular flexibility index (Phi) is 2.83. The largest absolute Gasteiger partial charge is 0.325 e. The van der Waals surface area contributed by atoms with Gasteiger partial charge in [-0.1, -0.05) is 0 Å². The lowest BCUT2D eigenvalue weighted by molar-refractivity contribution is 0.601. The maximum atomic E-state index is 11.6. The molecule has 1 aromatic carbocycles. The number of sulfone groups is 1. The maximum absolute atomic E-state index is 11.6. The van der Waals surface area contributed by atoms with E-state index in [9.17, 15) is 8.42 Å². The van der Waals surface area contributed by atoms with Crippen molar-refractivity contribution in [3.8, 4) is 0 Å². The standard InChI is InChI=1S/C13H19NO2S/c1-9-6-12(17(3,15)16)7-11(10(9)2)8-13(14)4-5-13/h6-7H,4-5,8,14H2,1-3H3. The van der Waals surface area contributed by atoms with Gasteiger partial charge in [-0.25, -0.2) is 8.42 Å². The molecule has 0 saturated heterocycles. The van der Waals surface area contributed by atoms with Gasteiger partial charge in [-0.2, -0.15) is 0 Å². The van der Waals surface area contributed by atoms with Gasteiger partial charge in [-0.15, -0.1) is 0 Å². The first kappa shape index (κ1) is 12.6. The third-order valence-corrected chi connectivity index (χ3v) is 4.70. The molecule has 0 unspecified atom stereocenters. The molecule has 1 fully saturated rings. The highest BCUT2D eigenvalue weighted by Gasteiger charge is 2.38. The molecule has 0 aromatic heterocycles. The number of hydrogen-bond acceptors (Lipinski definition) is 3. The topological polar surface area (TPSA) is 60.2 Å². The van der Waals surface area contributed by atoms with Crippen molar-refractivity contribution in [2.75, 3.05) is 6.26 Å². The lowest BCUT2D eigenvalue weighted by atomic mass is 9.97. The normalized spacial score (nSPS) is 18.1. The van der Waals surface area contributed by atoms with Gasteiger partial charge in [0.05, 0.1) is 4.90 Å². The van der Waals surface area contributed by atoms with Crippen molar-refractivity contribution >= 4 is 9.84 Å². The van der Waals surface area contributed by atoms with Crippen LogP contribution < -0.4 is 5.73 Å². The van der Waals surface area contributed by atoms with Gasteiger partial charge in [0.25, 0.3) is 0 Å². The molecule has 94 valence electrons. The van der Waals surface area contributed by atoms with Crippen LogP contribution in [0.5, 0.6) is 0 Å². The summed E-state index contributed by atoms with van der Waals surface area (Å²) in [7, 11) is -3.14. The van der Waals surface area contributed by atoms with E-state index in [4.69, 9.17) is 5.73 Å². The minimum absolute atomic E-state index is 0.0900. The summed E-state index contributed by atoms with van der Waals surface area (Å²) in [5.41, 5.74) is 9.27. The molecule has 1 aliphatic rings. The fourth-order valence-corrected chi connectivity index (χ4v) is 2.76. The molecular weight excluding hydrogens is 234 g/mol. The van der Waals surface area contributed by atoms with Crippen molar-refractivity contribution < 1.29 is 8.42 Å². The first-order valence-corrected chi connectivity index (χ1v) is 7.69. The van der Waals surface area contributed by atoms with Gasteiger partial charge in [0.1, 0.15) is 0 Å². The number of rotatable bonds is 3. The van der Waals surface area contributed by atoms with Gasteiger partial charge in [0.15, 0.2) is 9.84 Å². The molecular formula is C13H19NO2S. The SMILES string of the molecule is Cc1cc(S(C)(=O)=O)cc(CC2(N)CC2)c1C. The van der Waals surface area contributed by atoms with Gasteiger partial charge in [0, 0.05) is 11.8 Å². The molecule has 1 saturated carbocycles. The Morgan fingerprint density at radius 2 is 1.88 bits per heavy atom. The van der Waals surface area contributed by atoms with Crippen LogP contribution in [-0.2, 0) is 16.3 Å². The molecule has 1 aromatic rings. The number of benzene rings is 1. The van der Waals surface area contributed by atoms with E-state index in [-0.39, 0.29) is 5.54 Å². The van der Waals surface area contributed by atoms with E-state index in [0.717, 1.165) is 36.0 Å². The van der Waals surface area contributed by atoms with E-state index < -0.39 is 9.84 Å². The summed E-state index contributed by atoms with van der Waals surface area (Å²) in [5.74, 6) is 0. The summed E-state index contributed by atoms with van der Waals surface area (Å²) in [6.45, 7) is 3.98. The van der Waals surface area contributed by atoms with E-state index >= 15 is 0 Å². The highest BCUT2D eigenvalue weighted by Crippen LogP contribution is 2.37. The molecule has 2 rings (SSSR count). The van der Waals surface area contributed by atoms with Gasteiger partial charge in [-0.05, 0) is 61.9 Å². The van der Waals surface area contributed by atoms with Gasteiger partial charge < -0.3 is 5.73 Å². The van der Waals surface area contributed by atoms with Crippen LogP contribution in [-0.4, -0.2) is 20.2 Å². The average Bonchev–Trinajstić information content (AvgIpc) is 2.89. The zero-order valence-electron chi connectivity index (χ0n) is 10.6. The van der Waals surface area contributed by atoms with Crippen LogP contribution in [0.2, 0.25) is 0 Å². The monoisotopic (exact) mass is 253 g/mol. The third kappa shape index (κ3) is 2.69. The Morgan fingerprint density at radius 3 is 2.35 bits per heavy atom. The molecule has 0 radical (unpaired) electrons. The second-order valence-corrected chi connectivity index (χ2v) is 7.35. The lowest BCUT2D eigenvalue weighted by Gasteiger charge is -2.15. The van der Waals surface area contributed by atoms with Crippen LogP contribution in [0.4, 0.5) is 0 Å². The molecule has 1 aliphatic carbocycles. The summed E-state index contributed by atoms with van der Waals surface area (Å²) in [6, 6.07) is 3.52. The van der Waals surface area contributed by atoms with Crippen LogP contribution in [0, 0.1) is 13.8 Å². The fraction of sp³-hybridized carbons (Fsp3) is 0.538. The van der Waals surface area contributed by atoms with Gasteiger partial charge in [-0.3, -0.25) is 0 Å². The second-order valence-electron chi connectivity index (χ2n) is 5.34. The molecule has 4 heteroatoms. The smallest absolute Gasteiger partial charge is 0.175 e. The number of aryl methyl sites for hydroxylation is 1. The van der Waals surface area contributed by atoms with Crippen molar-refractivity contribution in [1.29, 1.82) is 0 Å². The molecule has 0 aliphatic heterocycles. The molecule has 17 heavy (non-hydrogen) atoms. The average molecular weight is 253 g/mol. The van der Waals surface area contributed by atoms with Crippen molar-refractivity contribution in [2.45, 2.75) is 43.5 Å². The molecule has 0 spiro atoms. The predicted octanol–water partition coefficient (Wildman–Crippen LogP) is 1.74. The van der Waals surface area contributed by atoms with E-state index in [2.05, 4.69) is 0 Å². The van der Waals surface area contributed by atoms with Crippen molar-refractivity contribution in [1.82, 2.24) is 0 Å². The summed E-state index contributed by atoms with van der Waals surface area (Å²) >= 11 is 0. The van der Waals surface area contributed by atoms with Crippen LogP contribution in [0.1, 0.15) is 29.5 Å². The molecule has 0 amide bonds. The first-order chi connectivity index (χ1) is 7.71. The summed E-state index contributed by atoms with van der Waals surface area (Å²) in [5, 5.41) is 0. The minimum Gasteiger partial charge on any atom is -0.325 e. The Bertz CT molecular complexity index is 557. The maximum Gasteiger partial charge on any atom is 0.175 e. The Balaban J connectivity index is 2.47. The van der Waals surface area contributed by atoms with Crippen LogP contribution >= 0.6 is 0 Å². The Hall–Kier alpha value is -0.870. The zero-order chi connectivity index (χ0) is 12.8. The van der Waals surface area contributed by atoms with Crippen LogP contribution in [0.25, 0.3) is 0 Å². The van der Waals surface area contributed by atoms with E-state index in [1.165, 1.54) is 6.26 Å². The molecule has 0 bridgehead atoms. The van der Waals surface area contributed by atoms with E-state index in [1.807, 2.05) is 13.8 Å². The summed E-state index contributed by atoms with van der Waals surface area (Å²) < 4.78 is 23.2. The minimum atomic E-state index is -3.14. The number of hydrogen-bond donors (Lipinski definition) is 1. The molecule has 2 N–H and O–H groups in total. The van der Waals surface area contributed by atoms with Crippen LogP contribution in [0.3, 0.4) is 0 Å². The van der Waals surface area contributed by atoms with E-state index in [0.29, 0.717) is 4.90 Å². The molecule has 0 heterocycles. The first-order valence-electron chi connectivity index (χ1n) is 5.80. The van der Waals surface area contributed by atoms with E-state index in [1.54, 1.807) is 12.1 Å². The highest BCUT2D eigenvalue weighted by atomic mass is 32.2. The Morgan fingerprint density at radius 1 is 1.29 bits per heavy atom. The van der Waals surface area contributed by atoms with Crippen molar-refractivity contribution in [3.63, 3.8) is 0 Å². The quantitative estimate of drug-likeness (QED) is 0.892. The lowest BCUT2D eigenvalue weighted by Crippen LogP contribution is -2.25. The summed E-state index contributed by atoms with van der Waals surface area (Å²) in [6.07, 6.45) is 4.10. The molecule has 3 nitrogen and oxygen atoms in total. The second kappa shape index (κ2) is 3.82. The number of nitrogens with two attached hydrogens (primary N) is 1. The van der Waals surface area contributed by atoms with Crippen LogP contribution in [0.15, 0.2) is 17.0 Å². The highest BCUT2D eigenvalue weighted by molar-refractivity contribution is 7.90. The third-order valence-electron chi connectivity index (χ3n) is 3.61. The van der Waals surface area contributed by atoms with Gasteiger partial charge >= 0.3 is 0 Å². The fourth-order valence-electron chi connectivity index (χ4n) is 2.01. The predicted molar refractivity (Wildman–Crippen MR) is 68.9 cm³/mol. The van der Waals surface area contributed by atoms with Crippen molar-refractivity contribution in [3.05, 3.63) is 28.8 Å². The van der Waals surface area contributed by atoms with Crippen molar-refractivity contribution in [2.24, 2.45) is 5.73 Å². The Labute approximate surface area is 103 Å². The molecule has 0 atom stereocenters. The zero-order valence-corrected chi connectivity index (χ0v) is 11.4. The summed E-state index contributed by atoms with van der Waals surface area (Å²) in [4.78, 5) is 0.403. The van der Waals surface area contributed by atoms with Gasteiger partial charge in [0.2, 0.25) is 0 Å².